The van der Waals surface area contributed by atoms with Gasteiger partial charge < -0.3 is 24.6 Å². The zero-order valence-electron chi connectivity index (χ0n) is 26.2. The Morgan fingerprint density at radius 2 is 1.70 bits per heavy atom. The smallest absolute Gasteiger partial charge is 0.243 e. The maximum atomic E-state index is 13.6. The van der Waals surface area contributed by atoms with Crippen molar-refractivity contribution in [2.24, 2.45) is 0 Å². The molecule has 0 aromatic heterocycles. The number of piperidine rings is 1. The molecule has 0 amide bonds. The highest BCUT2D eigenvalue weighted by Gasteiger charge is 2.44. The maximum Gasteiger partial charge on any atom is 0.243 e. The second-order valence-electron chi connectivity index (χ2n) is 11.6. The Bertz CT molecular complexity index is 1770. The Balaban J connectivity index is 1.09. The van der Waals surface area contributed by atoms with E-state index < -0.39 is 31.8 Å². The number of aliphatic hydroxyl groups excluding tert-OH is 1. The van der Waals surface area contributed by atoms with Gasteiger partial charge in [0, 0.05) is 38.3 Å². The summed E-state index contributed by atoms with van der Waals surface area (Å²) in [7, 11) is -7.33. The van der Waals surface area contributed by atoms with Crippen LogP contribution in [0.15, 0.2) is 82.6 Å². The molecule has 2 atom stereocenters. The molecule has 2 saturated heterocycles. The number of sulfonamides is 2. The van der Waals surface area contributed by atoms with Gasteiger partial charge in [0.25, 0.3) is 0 Å². The molecule has 0 radical (unpaired) electrons. The molecular formula is C33H40N4O8S2. The molecular weight excluding hydrogens is 645 g/mol. The summed E-state index contributed by atoms with van der Waals surface area (Å²) in [6.45, 7) is 3.29. The van der Waals surface area contributed by atoms with Gasteiger partial charge in [-0.2, -0.15) is 9.57 Å². The molecule has 2 fully saturated rings. The standard InChI is InChI=1S/C33H40N4O8S2/c1-2-36-46(39,40)31-7-4-6-30(20-31)44-24-28(38)22-35-27-21-33(45-23-27)13-16-37(17-14-33)47(41,42)32-8-3-5-26(19-32)25-9-11-29(12-10-25)43-18-15-34/h3-12,19-20,27-28,35-36,38H,2,13-14,16-18,21-24H2,1H3/t27?,28-/m0/s1. The van der Waals surface area contributed by atoms with E-state index in [9.17, 15) is 21.9 Å². The van der Waals surface area contributed by atoms with Crippen LogP contribution < -0.4 is 19.5 Å². The van der Waals surface area contributed by atoms with Crippen LogP contribution in [-0.2, 0) is 24.8 Å². The molecule has 252 valence electrons. The van der Waals surface area contributed by atoms with Crippen LogP contribution in [0.5, 0.6) is 11.5 Å². The number of hydrogen-bond acceptors (Lipinski definition) is 10. The maximum absolute atomic E-state index is 13.6. The quantitative estimate of drug-likeness (QED) is 0.230. The fraction of sp³-hybridized carbons (Fsp3) is 0.424. The molecule has 12 nitrogen and oxygen atoms in total. The minimum atomic E-state index is -3.72. The Labute approximate surface area is 276 Å². The Hall–Kier alpha value is -3.55. The van der Waals surface area contributed by atoms with Crippen molar-refractivity contribution in [2.75, 3.05) is 46.0 Å². The van der Waals surface area contributed by atoms with Crippen molar-refractivity contribution < 1.29 is 36.2 Å². The van der Waals surface area contributed by atoms with Gasteiger partial charge in [0.2, 0.25) is 20.0 Å². The van der Waals surface area contributed by atoms with E-state index in [1.807, 2.05) is 24.3 Å². The molecule has 0 saturated carbocycles. The van der Waals surface area contributed by atoms with Gasteiger partial charge in [0.1, 0.15) is 30.3 Å². The summed E-state index contributed by atoms with van der Waals surface area (Å²) in [6.07, 6.45) is 0.985. The molecule has 3 aromatic rings. The van der Waals surface area contributed by atoms with E-state index in [4.69, 9.17) is 19.5 Å². The molecule has 2 aliphatic rings. The van der Waals surface area contributed by atoms with Crippen molar-refractivity contribution in [1.82, 2.24) is 14.3 Å². The van der Waals surface area contributed by atoms with Gasteiger partial charge in [-0.1, -0.05) is 37.3 Å². The van der Waals surface area contributed by atoms with Crippen LogP contribution in [0, 0.1) is 11.3 Å². The number of rotatable bonds is 14. The van der Waals surface area contributed by atoms with Gasteiger partial charge in [-0.3, -0.25) is 0 Å². The predicted molar refractivity (Wildman–Crippen MR) is 175 cm³/mol. The predicted octanol–water partition coefficient (Wildman–Crippen LogP) is 2.90. The minimum Gasteiger partial charge on any atom is -0.491 e. The average molecular weight is 685 g/mol. The minimum absolute atomic E-state index is 0.00484. The van der Waals surface area contributed by atoms with Crippen molar-refractivity contribution in [1.29, 1.82) is 5.26 Å². The second kappa shape index (κ2) is 15.1. The zero-order valence-corrected chi connectivity index (χ0v) is 27.8. The van der Waals surface area contributed by atoms with Crippen molar-refractivity contribution in [3.8, 4) is 28.7 Å². The number of benzene rings is 3. The van der Waals surface area contributed by atoms with Gasteiger partial charge in [-0.15, -0.1) is 0 Å². The lowest BCUT2D eigenvalue weighted by Crippen LogP contribution is -2.47. The average Bonchev–Trinajstić information content (AvgIpc) is 3.48. The van der Waals surface area contributed by atoms with Crippen LogP contribution in [-0.4, -0.2) is 90.0 Å². The third-order valence-corrected chi connectivity index (χ3v) is 11.8. The Kier molecular flexibility index (Phi) is 11.2. The van der Waals surface area contributed by atoms with Crippen LogP contribution in [0.25, 0.3) is 11.1 Å². The van der Waals surface area contributed by atoms with Gasteiger partial charge in [0.15, 0.2) is 6.61 Å². The van der Waals surface area contributed by atoms with Gasteiger partial charge in [-0.05, 0) is 66.8 Å². The molecule has 3 aromatic carbocycles. The van der Waals surface area contributed by atoms with E-state index in [2.05, 4.69) is 10.0 Å². The third kappa shape index (κ3) is 8.68. The summed E-state index contributed by atoms with van der Waals surface area (Å²) in [5, 5.41) is 22.5. The Morgan fingerprint density at radius 1 is 0.979 bits per heavy atom. The number of ether oxygens (including phenoxy) is 3. The van der Waals surface area contributed by atoms with E-state index in [1.165, 1.54) is 16.4 Å². The highest BCUT2D eigenvalue weighted by atomic mass is 32.2. The molecule has 1 spiro atoms. The van der Waals surface area contributed by atoms with Crippen LogP contribution in [0.3, 0.4) is 0 Å². The van der Waals surface area contributed by atoms with Crippen molar-refractivity contribution >= 4 is 20.0 Å². The third-order valence-electron chi connectivity index (χ3n) is 8.34. The first-order valence-corrected chi connectivity index (χ1v) is 18.4. The lowest BCUT2D eigenvalue weighted by molar-refractivity contribution is -0.0312. The summed E-state index contributed by atoms with van der Waals surface area (Å²) in [6, 6.07) is 22.1. The van der Waals surface area contributed by atoms with Gasteiger partial charge >= 0.3 is 0 Å². The van der Waals surface area contributed by atoms with E-state index in [0.29, 0.717) is 50.5 Å². The zero-order chi connectivity index (χ0) is 33.5. The summed E-state index contributed by atoms with van der Waals surface area (Å²) in [4.78, 5) is 0.321. The van der Waals surface area contributed by atoms with E-state index in [-0.39, 0.29) is 42.1 Å². The first-order valence-electron chi connectivity index (χ1n) is 15.5. The van der Waals surface area contributed by atoms with E-state index >= 15 is 0 Å². The molecule has 14 heteroatoms. The van der Waals surface area contributed by atoms with Crippen LogP contribution >= 0.6 is 0 Å². The normalized spacial score (nSPS) is 18.9. The molecule has 2 aliphatic heterocycles. The number of nitrogens with zero attached hydrogens (tertiary/aromatic N) is 2. The van der Waals surface area contributed by atoms with Crippen LogP contribution in [0.1, 0.15) is 26.2 Å². The molecule has 0 aliphatic carbocycles. The highest BCUT2D eigenvalue weighted by molar-refractivity contribution is 7.89. The fourth-order valence-corrected chi connectivity index (χ4v) is 8.42. The number of nitriles is 1. The van der Waals surface area contributed by atoms with Gasteiger partial charge in [0.05, 0.1) is 22.0 Å². The first kappa shape index (κ1) is 34.8. The summed E-state index contributed by atoms with van der Waals surface area (Å²) in [5.74, 6) is 0.910. The summed E-state index contributed by atoms with van der Waals surface area (Å²) < 4.78 is 72.8. The lowest BCUT2D eigenvalue weighted by atomic mass is 9.88. The topological polar surface area (TPSA) is 167 Å². The number of nitrogens with one attached hydrogen (secondary N) is 2. The molecule has 3 N–H and O–H groups in total. The molecule has 1 unspecified atom stereocenters. The van der Waals surface area contributed by atoms with Gasteiger partial charge in [-0.25, -0.2) is 21.6 Å². The highest BCUT2D eigenvalue weighted by Crippen LogP contribution is 2.38. The number of hydrogen-bond donors (Lipinski definition) is 3. The number of aliphatic hydroxyl groups is 1. The molecule has 47 heavy (non-hydrogen) atoms. The SMILES string of the molecule is CCNS(=O)(=O)c1cccc(OC[C@@H](O)CNC2COC3(CCN(S(=O)(=O)c4cccc(-c5ccc(OCC#N)cc5)c4)CC3)C2)c1. The molecule has 0 bridgehead atoms. The fourth-order valence-electron chi connectivity index (χ4n) is 5.86. The lowest BCUT2D eigenvalue weighted by Gasteiger charge is -2.38. The summed E-state index contributed by atoms with van der Waals surface area (Å²) >= 11 is 0. The monoisotopic (exact) mass is 684 g/mol. The van der Waals surface area contributed by atoms with E-state index in [1.54, 1.807) is 49.4 Å². The second-order valence-corrected chi connectivity index (χ2v) is 15.4. The summed E-state index contributed by atoms with van der Waals surface area (Å²) in [5.41, 5.74) is 1.17. The van der Waals surface area contributed by atoms with Crippen molar-refractivity contribution in [3.05, 3.63) is 72.8 Å². The van der Waals surface area contributed by atoms with Crippen LogP contribution in [0.4, 0.5) is 0 Å². The van der Waals surface area contributed by atoms with Crippen molar-refractivity contribution in [2.45, 2.75) is 53.7 Å². The van der Waals surface area contributed by atoms with E-state index in [0.717, 1.165) is 11.1 Å². The van der Waals surface area contributed by atoms with Crippen LogP contribution in [0.2, 0.25) is 0 Å². The Morgan fingerprint density at radius 3 is 2.43 bits per heavy atom. The largest absolute Gasteiger partial charge is 0.491 e. The molecule has 5 rings (SSSR count). The first-order chi connectivity index (χ1) is 22.5. The molecule has 2 heterocycles. The van der Waals surface area contributed by atoms with Crippen molar-refractivity contribution in [3.63, 3.8) is 0 Å².